The normalized spacial score (nSPS) is 14.6. The maximum Gasteiger partial charge on any atom is 0.329 e. The molecule has 11 heteroatoms. The Balaban J connectivity index is 1.61. The summed E-state index contributed by atoms with van der Waals surface area (Å²) in [6.45, 7) is 0.381. The van der Waals surface area contributed by atoms with Gasteiger partial charge >= 0.3 is 5.69 Å². The van der Waals surface area contributed by atoms with Gasteiger partial charge in [-0.05, 0) is 30.5 Å². The molecule has 0 atom stereocenters. The van der Waals surface area contributed by atoms with E-state index in [2.05, 4.69) is 20.2 Å². The minimum Gasteiger partial charge on any atom is -0.394 e. The molecule has 0 spiro atoms. The summed E-state index contributed by atoms with van der Waals surface area (Å²) < 4.78 is 21.9. The fourth-order valence-corrected chi connectivity index (χ4v) is 6.12. The van der Waals surface area contributed by atoms with E-state index >= 15 is 4.39 Å². The quantitative estimate of drug-likeness (QED) is 0.363. The largest absolute Gasteiger partial charge is 0.394 e. The number of aliphatic hydroxyl groups excluding tert-OH is 1. The lowest BCUT2D eigenvalue weighted by atomic mass is 9.98. The highest BCUT2D eigenvalue weighted by Crippen LogP contribution is 2.43. The first-order valence-corrected chi connectivity index (χ1v) is 12.8. The number of aryl methyl sites for hydroxylation is 2. The molecule has 1 aliphatic rings. The van der Waals surface area contributed by atoms with Gasteiger partial charge in [-0.1, -0.05) is 18.9 Å². The molecule has 0 saturated heterocycles. The zero-order valence-corrected chi connectivity index (χ0v) is 21.1. The lowest BCUT2D eigenvalue weighted by Gasteiger charge is -2.13. The number of benzene rings is 1. The molecule has 0 bridgehead atoms. The highest BCUT2D eigenvalue weighted by atomic mass is 19.1. The Hall–Kier alpha value is -4.25. The van der Waals surface area contributed by atoms with Crippen LogP contribution < -0.4 is 5.69 Å². The van der Waals surface area contributed by atoms with Gasteiger partial charge in [0.2, 0.25) is 5.95 Å². The molecule has 1 saturated carbocycles. The maximum absolute atomic E-state index is 15.1. The molecule has 194 valence electrons. The number of pyridine rings is 1. The van der Waals surface area contributed by atoms with Crippen molar-refractivity contribution >= 4 is 33.0 Å². The maximum atomic E-state index is 15.1. The third kappa shape index (κ3) is 3.21. The first kappa shape index (κ1) is 22.9. The number of nitrogens with one attached hydrogen (secondary N) is 1. The van der Waals surface area contributed by atoms with Crippen LogP contribution >= 0.6 is 0 Å². The van der Waals surface area contributed by atoms with Crippen molar-refractivity contribution in [3.8, 4) is 22.4 Å². The van der Waals surface area contributed by atoms with Gasteiger partial charge in [-0.2, -0.15) is 9.49 Å². The zero-order valence-electron chi connectivity index (χ0n) is 21.1. The van der Waals surface area contributed by atoms with Crippen LogP contribution in [-0.4, -0.2) is 50.4 Å². The number of rotatable bonds is 5. The van der Waals surface area contributed by atoms with Gasteiger partial charge in [0.1, 0.15) is 5.65 Å². The molecule has 6 aromatic rings. The fraction of sp³-hybridized carbons (Fsp3) is 0.333. The number of H-pyrrole nitrogens is 1. The van der Waals surface area contributed by atoms with Crippen molar-refractivity contribution in [1.29, 1.82) is 0 Å². The van der Waals surface area contributed by atoms with Crippen molar-refractivity contribution in [1.82, 2.24) is 38.7 Å². The van der Waals surface area contributed by atoms with Gasteiger partial charge in [-0.25, -0.2) is 9.78 Å². The zero-order chi connectivity index (χ0) is 26.1. The highest BCUT2D eigenvalue weighted by Gasteiger charge is 2.28. The highest BCUT2D eigenvalue weighted by molar-refractivity contribution is 6.14. The smallest absolute Gasteiger partial charge is 0.329 e. The molecular formula is C27H27FN8O2. The van der Waals surface area contributed by atoms with Crippen LogP contribution in [0.15, 0.2) is 41.6 Å². The summed E-state index contributed by atoms with van der Waals surface area (Å²) in [4.78, 5) is 21.6. The molecule has 7 rings (SSSR count). The number of nitrogens with zero attached hydrogens (tertiary/aromatic N) is 7. The third-order valence-corrected chi connectivity index (χ3v) is 7.86. The van der Waals surface area contributed by atoms with Crippen LogP contribution in [0.1, 0.15) is 31.7 Å². The van der Waals surface area contributed by atoms with Crippen LogP contribution in [0.25, 0.3) is 55.4 Å². The molecule has 2 N–H and O–H groups in total. The minimum absolute atomic E-state index is 0.0121. The van der Waals surface area contributed by atoms with Gasteiger partial charge in [0, 0.05) is 37.3 Å². The van der Waals surface area contributed by atoms with E-state index in [-0.39, 0.29) is 18.3 Å². The van der Waals surface area contributed by atoms with Crippen LogP contribution in [0.3, 0.4) is 0 Å². The number of aromatic nitrogens is 8. The second-order valence-corrected chi connectivity index (χ2v) is 10.1. The van der Waals surface area contributed by atoms with Crippen LogP contribution in [0.5, 0.6) is 0 Å². The number of aromatic amines is 1. The molecule has 5 heterocycles. The Kier molecular flexibility index (Phi) is 5.05. The number of imidazole rings is 1. The fourth-order valence-electron chi connectivity index (χ4n) is 6.12. The van der Waals surface area contributed by atoms with Crippen molar-refractivity contribution in [2.45, 2.75) is 38.3 Å². The van der Waals surface area contributed by atoms with Gasteiger partial charge in [0.05, 0.1) is 58.7 Å². The number of hydrogen-bond donors (Lipinski definition) is 2. The molecule has 38 heavy (non-hydrogen) atoms. The van der Waals surface area contributed by atoms with E-state index in [1.807, 2.05) is 22.8 Å². The second kappa shape index (κ2) is 8.38. The predicted octanol–water partition coefficient (Wildman–Crippen LogP) is 3.88. The summed E-state index contributed by atoms with van der Waals surface area (Å²) in [5.41, 5.74) is 5.45. The summed E-state index contributed by atoms with van der Waals surface area (Å²) in [6, 6.07) is 6.05. The molecule has 0 radical (unpaired) electrons. The number of fused-ring (bicyclic) bond motifs is 4. The monoisotopic (exact) mass is 514 g/mol. The molecule has 5 aromatic heterocycles. The molecular weight excluding hydrogens is 487 g/mol. The summed E-state index contributed by atoms with van der Waals surface area (Å²) in [5.74, 6) is -0.588. The van der Waals surface area contributed by atoms with Crippen molar-refractivity contribution in [2.24, 2.45) is 14.1 Å². The molecule has 0 unspecified atom stereocenters. The predicted molar refractivity (Wildman–Crippen MR) is 142 cm³/mol. The topological polar surface area (TPSA) is 111 Å². The molecule has 1 aromatic carbocycles. The second-order valence-electron chi connectivity index (χ2n) is 10.1. The average molecular weight is 515 g/mol. The Morgan fingerprint density at radius 3 is 2.71 bits per heavy atom. The molecule has 0 aliphatic heterocycles. The Bertz CT molecular complexity index is 1910. The van der Waals surface area contributed by atoms with Gasteiger partial charge in [0.25, 0.3) is 0 Å². The number of hydrogen-bond acceptors (Lipinski definition) is 5. The van der Waals surface area contributed by atoms with E-state index in [0.29, 0.717) is 23.4 Å². The Morgan fingerprint density at radius 1 is 1.16 bits per heavy atom. The van der Waals surface area contributed by atoms with Gasteiger partial charge in [-0.15, -0.1) is 5.10 Å². The van der Waals surface area contributed by atoms with Crippen LogP contribution in [-0.2, 0) is 20.6 Å². The average Bonchev–Trinajstić information content (AvgIpc) is 3.72. The van der Waals surface area contributed by atoms with Crippen molar-refractivity contribution in [3.63, 3.8) is 0 Å². The van der Waals surface area contributed by atoms with Gasteiger partial charge in [-0.3, -0.25) is 18.5 Å². The first-order valence-electron chi connectivity index (χ1n) is 12.8. The van der Waals surface area contributed by atoms with Gasteiger partial charge < -0.3 is 10.1 Å². The molecule has 1 aliphatic carbocycles. The van der Waals surface area contributed by atoms with Gasteiger partial charge in [0.15, 0.2) is 0 Å². The van der Waals surface area contributed by atoms with Crippen molar-refractivity contribution < 1.29 is 9.50 Å². The van der Waals surface area contributed by atoms with E-state index in [4.69, 9.17) is 0 Å². The molecule has 0 amide bonds. The molecule has 1 fully saturated rings. The number of halogens is 1. The minimum atomic E-state index is -0.588. The van der Waals surface area contributed by atoms with Crippen molar-refractivity contribution in [2.75, 3.05) is 6.61 Å². The summed E-state index contributed by atoms with van der Waals surface area (Å²) in [7, 11) is 3.46. The number of aliphatic hydroxyl groups is 1. The first-order chi connectivity index (χ1) is 18.5. The van der Waals surface area contributed by atoms with Crippen LogP contribution in [0.2, 0.25) is 0 Å². The van der Waals surface area contributed by atoms with Crippen LogP contribution in [0.4, 0.5) is 4.39 Å². The summed E-state index contributed by atoms with van der Waals surface area (Å²) in [5, 5.41) is 19.4. The van der Waals surface area contributed by atoms with Crippen molar-refractivity contribution in [3.05, 3.63) is 53.2 Å². The van der Waals surface area contributed by atoms with E-state index in [1.165, 1.54) is 4.68 Å². The SMILES string of the molecule is Cn1cc(-c2[nH]c3ncc4c(c3c2-c2ccc3c(cnn3CCO)c2)n(C2CCCC2)c(=O)n4C)c(F)n1. The molecule has 10 nitrogen and oxygen atoms in total. The third-order valence-electron chi connectivity index (χ3n) is 7.86. The van der Waals surface area contributed by atoms with E-state index in [1.54, 1.807) is 41.9 Å². The van der Waals surface area contributed by atoms with E-state index < -0.39 is 5.95 Å². The summed E-state index contributed by atoms with van der Waals surface area (Å²) >= 11 is 0. The van der Waals surface area contributed by atoms with E-state index in [9.17, 15) is 9.90 Å². The Morgan fingerprint density at radius 2 is 1.97 bits per heavy atom. The summed E-state index contributed by atoms with van der Waals surface area (Å²) in [6.07, 6.45) is 9.19. The standard InChI is InChI=1S/C27H27FN8O2/c1-33-14-18(25(28)32-33)23-21(15-7-8-19-16(11-15)12-30-35(19)9-10-37)22-24-20(13-29-26(22)31-23)34(2)27(38)36(24)17-5-3-4-6-17/h7-8,11-14,17,37H,3-6,9-10H2,1-2H3,(H,29,31). The lowest BCUT2D eigenvalue weighted by molar-refractivity contribution is 0.271. The van der Waals surface area contributed by atoms with E-state index in [0.717, 1.165) is 64.1 Å². The Labute approximate surface area is 215 Å². The van der Waals surface area contributed by atoms with Crippen LogP contribution in [0, 0.1) is 5.95 Å². The lowest BCUT2D eigenvalue weighted by Crippen LogP contribution is -2.24.